The molecular weight excluding hydrogens is 282 g/mol. The Balaban J connectivity index is 1.99. The molecule has 0 amide bonds. The number of benzene rings is 1. The molecule has 2 unspecified atom stereocenters. The third-order valence-corrected chi connectivity index (χ3v) is 4.65. The number of rotatable bonds is 6. The van der Waals surface area contributed by atoms with Gasteiger partial charge in [-0.2, -0.15) is 0 Å². The summed E-state index contributed by atoms with van der Waals surface area (Å²) in [4.78, 5) is 0. The van der Waals surface area contributed by atoms with Gasteiger partial charge in [0.05, 0.1) is 5.02 Å². The van der Waals surface area contributed by atoms with Crippen LogP contribution in [0.3, 0.4) is 0 Å². The van der Waals surface area contributed by atoms with E-state index < -0.39 is 0 Å². The first-order valence-electron chi connectivity index (χ1n) is 8.28. The van der Waals surface area contributed by atoms with Gasteiger partial charge in [0.25, 0.3) is 0 Å². The van der Waals surface area contributed by atoms with Crippen LogP contribution in [0.25, 0.3) is 0 Å². The summed E-state index contributed by atoms with van der Waals surface area (Å²) in [5.41, 5.74) is 1.21. The van der Waals surface area contributed by atoms with E-state index in [1.54, 1.807) is 0 Å². The van der Waals surface area contributed by atoms with Gasteiger partial charge in [-0.05, 0) is 49.3 Å². The van der Waals surface area contributed by atoms with Crippen molar-refractivity contribution >= 4 is 11.6 Å². The second kappa shape index (κ2) is 8.05. The fourth-order valence-corrected chi connectivity index (χ4v) is 3.28. The molecule has 0 aromatic heterocycles. The van der Waals surface area contributed by atoms with Crippen molar-refractivity contribution in [2.75, 3.05) is 0 Å². The molecule has 1 fully saturated rings. The van der Waals surface area contributed by atoms with Crippen molar-refractivity contribution in [3.63, 3.8) is 0 Å². The summed E-state index contributed by atoms with van der Waals surface area (Å²) in [7, 11) is 0. The minimum absolute atomic E-state index is 0.334. The Labute approximate surface area is 134 Å². The van der Waals surface area contributed by atoms with Crippen molar-refractivity contribution in [1.29, 1.82) is 0 Å². The molecule has 2 atom stereocenters. The third-order valence-electron chi connectivity index (χ3n) is 4.35. The summed E-state index contributed by atoms with van der Waals surface area (Å²) >= 11 is 6.40. The summed E-state index contributed by atoms with van der Waals surface area (Å²) < 4.78 is 6.22. The van der Waals surface area contributed by atoms with E-state index in [0.29, 0.717) is 18.1 Å². The quantitative estimate of drug-likeness (QED) is 0.781. The van der Waals surface area contributed by atoms with E-state index in [2.05, 4.69) is 32.2 Å². The van der Waals surface area contributed by atoms with Gasteiger partial charge in [0.2, 0.25) is 0 Å². The van der Waals surface area contributed by atoms with Crippen LogP contribution in [0.2, 0.25) is 5.02 Å². The van der Waals surface area contributed by atoms with Crippen LogP contribution >= 0.6 is 11.6 Å². The maximum absolute atomic E-state index is 6.40. The number of ether oxygens (including phenoxy) is 1. The molecule has 0 radical (unpaired) electrons. The van der Waals surface area contributed by atoms with Crippen molar-refractivity contribution in [3.05, 3.63) is 28.8 Å². The molecular formula is C18H28ClNO. The number of hydrogen-bond donors (Lipinski definition) is 1. The van der Waals surface area contributed by atoms with Crippen molar-refractivity contribution in [1.82, 2.24) is 5.32 Å². The Morgan fingerprint density at radius 2 is 2.05 bits per heavy atom. The summed E-state index contributed by atoms with van der Waals surface area (Å²) in [5.74, 6) is 1.52. The Hall–Kier alpha value is -0.730. The van der Waals surface area contributed by atoms with Crippen LogP contribution in [-0.2, 0) is 6.54 Å². The molecule has 1 aromatic carbocycles. The zero-order valence-electron chi connectivity index (χ0n) is 13.5. The molecule has 0 bridgehead atoms. The SMILES string of the molecule is CCC1CCCCC1Oc1ccc(CNC(C)C)cc1Cl. The van der Waals surface area contributed by atoms with Crippen LogP contribution in [0.1, 0.15) is 58.4 Å². The molecule has 1 aliphatic rings. The second-order valence-corrected chi connectivity index (χ2v) is 6.82. The van der Waals surface area contributed by atoms with E-state index in [-0.39, 0.29) is 0 Å². The van der Waals surface area contributed by atoms with Gasteiger partial charge in [-0.25, -0.2) is 0 Å². The fourth-order valence-electron chi connectivity index (χ4n) is 3.03. The lowest BCUT2D eigenvalue weighted by Crippen LogP contribution is -2.30. The number of nitrogens with one attached hydrogen (secondary N) is 1. The first kappa shape index (κ1) is 16.6. The summed E-state index contributed by atoms with van der Waals surface area (Å²) in [5, 5.41) is 4.14. The van der Waals surface area contributed by atoms with Crippen LogP contribution in [0.5, 0.6) is 5.75 Å². The van der Waals surface area contributed by atoms with Crippen molar-refractivity contribution in [2.24, 2.45) is 5.92 Å². The average Bonchev–Trinajstić information content (AvgIpc) is 2.48. The molecule has 1 aromatic rings. The van der Waals surface area contributed by atoms with Gasteiger partial charge < -0.3 is 10.1 Å². The molecule has 3 heteroatoms. The Morgan fingerprint density at radius 1 is 1.29 bits per heavy atom. The monoisotopic (exact) mass is 309 g/mol. The van der Waals surface area contributed by atoms with Crippen molar-refractivity contribution in [3.8, 4) is 5.75 Å². The van der Waals surface area contributed by atoms with Crippen LogP contribution in [0.15, 0.2) is 18.2 Å². The molecule has 0 heterocycles. The Kier molecular flexibility index (Phi) is 6.38. The van der Waals surface area contributed by atoms with Crippen molar-refractivity contribution < 1.29 is 4.74 Å². The molecule has 2 nitrogen and oxygen atoms in total. The van der Waals surface area contributed by atoms with E-state index in [1.807, 2.05) is 12.1 Å². The molecule has 2 rings (SSSR count). The lowest BCUT2D eigenvalue weighted by molar-refractivity contribution is 0.0904. The van der Waals surface area contributed by atoms with Gasteiger partial charge in [-0.15, -0.1) is 0 Å². The minimum Gasteiger partial charge on any atom is -0.489 e. The summed E-state index contributed by atoms with van der Waals surface area (Å²) in [6.45, 7) is 7.40. The number of hydrogen-bond acceptors (Lipinski definition) is 2. The highest BCUT2D eigenvalue weighted by Crippen LogP contribution is 2.33. The number of halogens is 1. The van der Waals surface area contributed by atoms with Crippen molar-refractivity contribution in [2.45, 2.75) is 71.6 Å². The largest absolute Gasteiger partial charge is 0.489 e. The molecule has 1 aliphatic carbocycles. The first-order valence-corrected chi connectivity index (χ1v) is 8.66. The van der Waals surface area contributed by atoms with Gasteiger partial charge in [-0.1, -0.05) is 44.9 Å². The highest BCUT2D eigenvalue weighted by molar-refractivity contribution is 6.32. The topological polar surface area (TPSA) is 21.3 Å². The van der Waals surface area contributed by atoms with E-state index in [0.717, 1.165) is 23.7 Å². The van der Waals surface area contributed by atoms with Gasteiger partial charge in [0, 0.05) is 12.6 Å². The maximum Gasteiger partial charge on any atom is 0.138 e. The van der Waals surface area contributed by atoms with Gasteiger partial charge in [-0.3, -0.25) is 0 Å². The summed E-state index contributed by atoms with van der Waals surface area (Å²) in [6, 6.07) is 6.64. The average molecular weight is 310 g/mol. The summed E-state index contributed by atoms with van der Waals surface area (Å²) in [6.07, 6.45) is 6.58. The highest BCUT2D eigenvalue weighted by Gasteiger charge is 2.25. The molecule has 0 saturated heterocycles. The maximum atomic E-state index is 6.40. The smallest absolute Gasteiger partial charge is 0.138 e. The normalized spacial score (nSPS) is 22.5. The van der Waals surface area contributed by atoms with Gasteiger partial charge in [0.1, 0.15) is 11.9 Å². The molecule has 0 spiro atoms. The van der Waals surface area contributed by atoms with E-state index in [1.165, 1.54) is 31.2 Å². The molecule has 21 heavy (non-hydrogen) atoms. The zero-order valence-corrected chi connectivity index (χ0v) is 14.2. The zero-order chi connectivity index (χ0) is 15.2. The van der Waals surface area contributed by atoms with E-state index in [4.69, 9.17) is 16.3 Å². The molecule has 1 N–H and O–H groups in total. The minimum atomic E-state index is 0.334. The van der Waals surface area contributed by atoms with Gasteiger partial charge >= 0.3 is 0 Å². The molecule has 1 saturated carbocycles. The highest BCUT2D eigenvalue weighted by atomic mass is 35.5. The predicted octanol–water partition coefficient (Wildman–Crippen LogP) is 5.19. The van der Waals surface area contributed by atoms with Crippen LogP contribution < -0.4 is 10.1 Å². The first-order chi connectivity index (χ1) is 10.1. The lowest BCUT2D eigenvalue weighted by Gasteiger charge is -2.31. The van der Waals surface area contributed by atoms with Gasteiger partial charge in [0.15, 0.2) is 0 Å². The Bertz CT molecular complexity index is 447. The molecule has 118 valence electrons. The fraction of sp³-hybridized carbons (Fsp3) is 0.667. The van der Waals surface area contributed by atoms with Crippen LogP contribution in [0, 0.1) is 5.92 Å². The predicted molar refractivity (Wildman–Crippen MR) is 90.1 cm³/mol. The second-order valence-electron chi connectivity index (χ2n) is 6.41. The van der Waals surface area contributed by atoms with Crippen LogP contribution in [-0.4, -0.2) is 12.1 Å². The van der Waals surface area contributed by atoms with E-state index >= 15 is 0 Å². The van der Waals surface area contributed by atoms with Crippen LogP contribution in [0.4, 0.5) is 0 Å². The van der Waals surface area contributed by atoms with E-state index in [9.17, 15) is 0 Å². The standard InChI is InChI=1S/C18H28ClNO/c1-4-15-7-5-6-8-17(15)21-18-10-9-14(11-16(18)19)12-20-13(2)3/h9-11,13,15,17,20H,4-8,12H2,1-3H3. The molecule has 0 aliphatic heterocycles. The lowest BCUT2D eigenvalue weighted by atomic mass is 9.85. The third kappa shape index (κ3) is 4.89. The Morgan fingerprint density at radius 3 is 2.71 bits per heavy atom.